The zero-order chi connectivity index (χ0) is 13.2. The minimum atomic E-state index is 0.204. The second-order valence-corrected chi connectivity index (χ2v) is 4.82. The van der Waals surface area contributed by atoms with Gasteiger partial charge in [0.1, 0.15) is 5.52 Å². The van der Waals surface area contributed by atoms with Crippen molar-refractivity contribution in [3.05, 3.63) is 24.3 Å². The molecule has 19 heavy (non-hydrogen) atoms. The van der Waals surface area contributed by atoms with Crippen molar-refractivity contribution in [1.82, 2.24) is 4.98 Å². The Hall–Kier alpha value is -1.59. The van der Waals surface area contributed by atoms with E-state index >= 15 is 0 Å². The summed E-state index contributed by atoms with van der Waals surface area (Å²) in [5, 5.41) is 0. The van der Waals surface area contributed by atoms with Crippen LogP contribution in [0.25, 0.3) is 11.1 Å². The lowest BCUT2D eigenvalue weighted by Gasteiger charge is -2.21. The molecule has 1 aliphatic heterocycles. The summed E-state index contributed by atoms with van der Waals surface area (Å²) in [5.74, 6) is 0. The molecule has 102 valence electrons. The Labute approximate surface area is 112 Å². The summed E-state index contributed by atoms with van der Waals surface area (Å²) in [6.07, 6.45) is 1.14. The van der Waals surface area contributed by atoms with Crippen LogP contribution >= 0.6 is 0 Å². The standard InChI is InChI=1S/C14H18N2O3/c1-17-9-10-7-11(18-2)8-16(10)14-15-12-5-3-4-6-13(12)19-14/h3-6,10-11H,7-9H2,1-2H3/t10-,11+/m0/s1. The molecular formula is C14H18N2O3. The van der Waals surface area contributed by atoms with Gasteiger partial charge in [-0.05, 0) is 18.6 Å². The molecule has 5 nitrogen and oxygen atoms in total. The molecule has 0 radical (unpaired) electrons. The fourth-order valence-electron chi connectivity index (χ4n) is 2.61. The second-order valence-electron chi connectivity index (χ2n) is 4.82. The number of para-hydroxylation sites is 2. The topological polar surface area (TPSA) is 47.7 Å². The molecule has 0 unspecified atom stereocenters. The van der Waals surface area contributed by atoms with Gasteiger partial charge in [0.05, 0.1) is 18.8 Å². The van der Waals surface area contributed by atoms with Crippen molar-refractivity contribution >= 4 is 17.1 Å². The van der Waals surface area contributed by atoms with E-state index in [1.54, 1.807) is 14.2 Å². The van der Waals surface area contributed by atoms with Gasteiger partial charge < -0.3 is 18.8 Å². The van der Waals surface area contributed by atoms with Gasteiger partial charge in [-0.1, -0.05) is 12.1 Å². The summed E-state index contributed by atoms with van der Waals surface area (Å²) >= 11 is 0. The quantitative estimate of drug-likeness (QED) is 0.844. The Balaban J connectivity index is 1.90. The van der Waals surface area contributed by atoms with Gasteiger partial charge in [-0.2, -0.15) is 4.98 Å². The van der Waals surface area contributed by atoms with Crippen molar-refractivity contribution < 1.29 is 13.9 Å². The summed E-state index contributed by atoms with van der Waals surface area (Å²) in [5.41, 5.74) is 1.70. The van der Waals surface area contributed by atoms with Crippen molar-refractivity contribution in [3.8, 4) is 0 Å². The zero-order valence-electron chi connectivity index (χ0n) is 11.2. The predicted octanol–water partition coefficient (Wildman–Crippen LogP) is 2.07. The van der Waals surface area contributed by atoms with E-state index in [-0.39, 0.29) is 12.1 Å². The molecular weight excluding hydrogens is 244 g/mol. The van der Waals surface area contributed by atoms with Crippen LogP contribution < -0.4 is 4.90 Å². The van der Waals surface area contributed by atoms with E-state index in [9.17, 15) is 0 Å². The van der Waals surface area contributed by atoms with Crippen LogP contribution in [-0.4, -0.2) is 44.5 Å². The lowest BCUT2D eigenvalue weighted by molar-refractivity contribution is 0.111. The molecule has 0 saturated carbocycles. The summed E-state index contributed by atoms with van der Waals surface area (Å²) in [4.78, 5) is 6.68. The van der Waals surface area contributed by atoms with E-state index < -0.39 is 0 Å². The Morgan fingerprint density at radius 2 is 2.21 bits per heavy atom. The van der Waals surface area contributed by atoms with Crippen LogP contribution in [0, 0.1) is 0 Å². The SMILES string of the molecule is COC[C@@H]1C[C@@H](OC)CN1c1nc2ccccc2o1. The molecule has 5 heteroatoms. The number of rotatable bonds is 4. The first-order valence-electron chi connectivity index (χ1n) is 6.45. The average molecular weight is 262 g/mol. The number of anilines is 1. The van der Waals surface area contributed by atoms with Gasteiger partial charge in [-0.3, -0.25) is 0 Å². The van der Waals surface area contributed by atoms with Gasteiger partial charge in [-0.15, -0.1) is 0 Å². The molecule has 1 fully saturated rings. The van der Waals surface area contributed by atoms with E-state index in [1.807, 2.05) is 24.3 Å². The third-order valence-corrected chi connectivity index (χ3v) is 3.60. The van der Waals surface area contributed by atoms with Crippen LogP contribution in [0.3, 0.4) is 0 Å². The van der Waals surface area contributed by atoms with Crippen LogP contribution in [-0.2, 0) is 9.47 Å². The lowest BCUT2D eigenvalue weighted by Crippen LogP contribution is -2.33. The van der Waals surface area contributed by atoms with Crippen molar-refractivity contribution in [3.63, 3.8) is 0 Å². The molecule has 2 aromatic rings. The molecule has 0 amide bonds. The van der Waals surface area contributed by atoms with Crippen LogP contribution in [0.15, 0.2) is 28.7 Å². The molecule has 1 aliphatic rings. The first-order chi connectivity index (χ1) is 9.31. The fraction of sp³-hybridized carbons (Fsp3) is 0.500. The molecule has 2 atom stereocenters. The number of hydrogen-bond donors (Lipinski definition) is 0. The molecule has 1 aromatic carbocycles. The Kier molecular flexibility index (Phi) is 3.40. The van der Waals surface area contributed by atoms with E-state index in [0.29, 0.717) is 12.6 Å². The largest absolute Gasteiger partial charge is 0.423 e. The first kappa shape index (κ1) is 12.4. The van der Waals surface area contributed by atoms with Gasteiger partial charge in [0.25, 0.3) is 6.01 Å². The highest BCUT2D eigenvalue weighted by Crippen LogP contribution is 2.29. The van der Waals surface area contributed by atoms with Crippen LogP contribution in [0.2, 0.25) is 0 Å². The predicted molar refractivity (Wildman–Crippen MR) is 72.4 cm³/mol. The maximum atomic E-state index is 5.83. The normalized spacial score (nSPS) is 23.4. The van der Waals surface area contributed by atoms with Crippen LogP contribution in [0.5, 0.6) is 0 Å². The molecule has 0 aliphatic carbocycles. The second kappa shape index (κ2) is 5.19. The van der Waals surface area contributed by atoms with E-state index in [1.165, 1.54) is 0 Å². The van der Waals surface area contributed by atoms with Gasteiger partial charge in [-0.25, -0.2) is 0 Å². The summed E-state index contributed by atoms with van der Waals surface area (Å²) < 4.78 is 16.5. The number of ether oxygens (including phenoxy) is 2. The fourth-order valence-corrected chi connectivity index (χ4v) is 2.61. The van der Waals surface area contributed by atoms with E-state index in [4.69, 9.17) is 13.9 Å². The number of benzene rings is 1. The number of methoxy groups -OCH3 is 2. The minimum absolute atomic E-state index is 0.204. The molecule has 0 N–H and O–H groups in total. The highest BCUT2D eigenvalue weighted by molar-refractivity contribution is 5.74. The van der Waals surface area contributed by atoms with Gasteiger partial charge >= 0.3 is 0 Å². The number of fused-ring (bicyclic) bond motifs is 1. The lowest BCUT2D eigenvalue weighted by atomic mass is 10.2. The van der Waals surface area contributed by atoms with Crippen molar-refractivity contribution in [2.75, 3.05) is 32.3 Å². The Morgan fingerprint density at radius 1 is 1.37 bits per heavy atom. The number of nitrogens with zero attached hydrogens (tertiary/aromatic N) is 2. The van der Waals surface area contributed by atoms with Gasteiger partial charge in [0, 0.05) is 20.8 Å². The minimum Gasteiger partial charge on any atom is -0.423 e. The van der Waals surface area contributed by atoms with E-state index in [0.717, 1.165) is 24.1 Å². The van der Waals surface area contributed by atoms with Crippen molar-refractivity contribution in [1.29, 1.82) is 0 Å². The summed E-state index contributed by atoms with van der Waals surface area (Å²) in [6, 6.07) is 8.71. The van der Waals surface area contributed by atoms with Crippen molar-refractivity contribution in [2.24, 2.45) is 0 Å². The molecule has 2 heterocycles. The first-order valence-corrected chi connectivity index (χ1v) is 6.45. The maximum Gasteiger partial charge on any atom is 0.298 e. The van der Waals surface area contributed by atoms with E-state index in [2.05, 4.69) is 9.88 Å². The highest BCUT2D eigenvalue weighted by atomic mass is 16.5. The zero-order valence-corrected chi connectivity index (χ0v) is 11.2. The maximum absolute atomic E-state index is 5.83. The summed E-state index contributed by atoms with van der Waals surface area (Å²) in [7, 11) is 3.45. The van der Waals surface area contributed by atoms with Crippen LogP contribution in [0.4, 0.5) is 6.01 Å². The third kappa shape index (κ3) is 2.31. The molecule has 3 rings (SSSR count). The molecule has 1 aromatic heterocycles. The molecule has 0 bridgehead atoms. The highest BCUT2D eigenvalue weighted by Gasteiger charge is 2.34. The molecule has 0 spiro atoms. The molecule has 1 saturated heterocycles. The number of oxazole rings is 1. The van der Waals surface area contributed by atoms with Crippen LogP contribution in [0.1, 0.15) is 6.42 Å². The average Bonchev–Trinajstić information content (AvgIpc) is 3.01. The smallest absolute Gasteiger partial charge is 0.298 e. The third-order valence-electron chi connectivity index (χ3n) is 3.60. The van der Waals surface area contributed by atoms with Crippen molar-refractivity contribution in [2.45, 2.75) is 18.6 Å². The number of aromatic nitrogens is 1. The van der Waals surface area contributed by atoms with Gasteiger partial charge in [0.15, 0.2) is 5.58 Å². The number of hydrogen-bond acceptors (Lipinski definition) is 5. The Bertz CT molecular complexity index is 521. The summed E-state index contributed by atoms with van der Waals surface area (Å²) in [6.45, 7) is 1.44. The monoisotopic (exact) mass is 262 g/mol. The Morgan fingerprint density at radius 3 is 2.95 bits per heavy atom. The van der Waals surface area contributed by atoms with Gasteiger partial charge in [0.2, 0.25) is 0 Å².